The minimum Gasteiger partial charge on any atom is -0.481 e. The van der Waals surface area contributed by atoms with Crippen molar-refractivity contribution in [1.82, 2.24) is 4.90 Å². The van der Waals surface area contributed by atoms with Gasteiger partial charge in [0, 0.05) is 24.5 Å². The van der Waals surface area contributed by atoms with E-state index in [1.165, 1.54) is 0 Å². The molecule has 114 valence electrons. The van der Waals surface area contributed by atoms with Gasteiger partial charge in [0.2, 0.25) is 5.91 Å². The summed E-state index contributed by atoms with van der Waals surface area (Å²) in [6.45, 7) is 1.27. The quantitative estimate of drug-likeness (QED) is 0.903. The number of nitrogens with zero attached hydrogens (tertiary/aromatic N) is 1. The molecular formula is C15H18ClNO4. The lowest BCUT2D eigenvalue weighted by Gasteiger charge is -2.32. The molecule has 1 aromatic rings. The Labute approximate surface area is 128 Å². The third-order valence-corrected chi connectivity index (χ3v) is 3.69. The fourth-order valence-corrected chi connectivity index (χ4v) is 2.45. The molecule has 1 aromatic carbocycles. The van der Waals surface area contributed by atoms with Crippen LogP contribution in [0, 0.1) is 0 Å². The Hall–Kier alpha value is -1.59. The van der Waals surface area contributed by atoms with Crippen molar-refractivity contribution in [3.63, 3.8) is 0 Å². The summed E-state index contributed by atoms with van der Waals surface area (Å²) in [5.74, 6) is -0.876. The van der Waals surface area contributed by atoms with Crippen LogP contribution >= 0.6 is 11.6 Å². The number of hydrogen-bond acceptors (Lipinski definition) is 3. The SMILES string of the molecule is O=C(O)C[C@@H]1CN(C(=O)CCc2ccc(Cl)cc2)CCO1. The van der Waals surface area contributed by atoms with Crippen molar-refractivity contribution in [3.8, 4) is 0 Å². The van der Waals surface area contributed by atoms with E-state index in [1.54, 1.807) is 17.0 Å². The number of carboxylic acid groups (broad SMARTS) is 1. The van der Waals surface area contributed by atoms with E-state index in [-0.39, 0.29) is 12.3 Å². The predicted molar refractivity (Wildman–Crippen MR) is 78.3 cm³/mol. The lowest BCUT2D eigenvalue weighted by Crippen LogP contribution is -2.46. The number of benzene rings is 1. The van der Waals surface area contributed by atoms with Crippen molar-refractivity contribution >= 4 is 23.5 Å². The molecule has 1 aliphatic heterocycles. The average Bonchev–Trinajstić information content (AvgIpc) is 2.46. The Morgan fingerprint density at radius 2 is 2.05 bits per heavy atom. The van der Waals surface area contributed by atoms with E-state index in [0.29, 0.717) is 37.6 Å². The zero-order valence-electron chi connectivity index (χ0n) is 11.6. The van der Waals surface area contributed by atoms with Crippen molar-refractivity contribution in [3.05, 3.63) is 34.9 Å². The molecule has 0 aromatic heterocycles. The Bertz CT molecular complexity index is 503. The van der Waals surface area contributed by atoms with Crippen molar-refractivity contribution in [1.29, 1.82) is 0 Å². The van der Waals surface area contributed by atoms with Crippen LogP contribution in [0.1, 0.15) is 18.4 Å². The molecule has 1 aliphatic rings. The lowest BCUT2D eigenvalue weighted by atomic mass is 10.1. The van der Waals surface area contributed by atoms with Crippen molar-refractivity contribution < 1.29 is 19.4 Å². The zero-order chi connectivity index (χ0) is 15.2. The highest BCUT2D eigenvalue weighted by atomic mass is 35.5. The second-order valence-electron chi connectivity index (χ2n) is 5.06. The Kier molecular flexibility index (Phi) is 5.59. The monoisotopic (exact) mass is 311 g/mol. The number of rotatable bonds is 5. The second kappa shape index (κ2) is 7.43. The molecule has 21 heavy (non-hydrogen) atoms. The molecule has 0 bridgehead atoms. The number of amides is 1. The smallest absolute Gasteiger partial charge is 0.306 e. The largest absolute Gasteiger partial charge is 0.481 e. The first-order valence-corrected chi connectivity index (χ1v) is 7.28. The molecule has 1 heterocycles. The topological polar surface area (TPSA) is 66.8 Å². The molecule has 0 aliphatic carbocycles. The Balaban J connectivity index is 1.82. The number of morpholine rings is 1. The standard InChI is InChI=1S/C15H18ClNO4/c16-12-4-1-11(2-5-12)3-6-14(18)17-7-8-21-13(10-17)9-15(19)20/h1-2,4-5,13H,3,6-10H2,(H,19,20)/t13-/m1/s1. The molecule has 0 saturated carbocycles. The summed E-state index contributed by atoms with van der Waals surface area (Å²) < 4.78 is 5.36. The minimum absolute atomic E-state index is 0.0311. The van der Waals surface area contributed by atoms with Gasteiger partial charge in [0.25, 0.3) is 0 Å². The summed E-state index contributed by atoms with van der Waals surface area (Å²) in [4.78, 5) is 24.5. The first-order chi connectivity index (χ1) is 10.0. The van der Waals surface area contributed by atoms with Gasteiger partial charge >= 0.3 is 5.97 Å². The summed E-state index contributed by atoms with van der Waals surface area (Å²) in [5.41, 5.74) is 1.06. The molecule has 0 radical (unpaired) electrons. The van der Waals surface area contributed by atoms with Gasteiger partial charge in [-0.05, 0) is 24.1 Å². The summed E-state index contributed by atoms with van der Waals surface area (Å²) in [6.07, 6.45) is 0.579. The highest BCUT2D eigenvalue weighted by molar-refractivity contribution is 6.30. The third-order valence-electron chi connectivity index (χ3n) is 3.43. The second-order valence-corrected chi connectivity index (χ2v) is 5.49. The Morgan fingerprint density at radius 3 is 2.71 bits per heavy atom. The minimum atomic E-state index is -0.907. The van der Waals surface area contributed by atoms with Gasteiger partial charge in [-0.1, -0.05) is 23.7 Å². The van der Waals surface area contributed by atoms with Crippen LogP contribution in [0.5, 0.6) is 0 Å². The van der Waals surface area contributed by atoms with Crippen LogP contribution in [0.3, 0.4) is 0 Å². The molecule has 2 rings (SSSR count). The van der Waals surface area contributed by atoms with Gasteiger partial charge in [0.05, 0.1) is 19.1 Å². The van der Waals surface area contributed by atoms with Gasteiger partial charge in [0.15, 0.2) is 0 Å². The molecule has 1 atom stereocenters. The predicted octanol–water partition coefficient (Wildman–Crippen LogP) is 1.97. The van der Waals surface area contributed by atoms with Crippen LogP contribution in [0.25, 0.3) is 0 Å². The number of carboxylic acids is 1. The van der Waals surface area contributed by atoms with Crippen LogP contribution < -0.4 is 0 Å². The molecule has 1 N–H and O–H groups in total. The van der Waals surface area contributed by atoms with E-state index in [0.717, 1.165) is 5.56 Å². The average molecular weight is 312 g/mol. The van der Waals surface area contributed by atoms with Crippen LogP contribution in [-0.2, 0) is 20.7 Å². The van der Waals surface area contributed by atoms with Gasteiger partial charge in [0.1, 0.15) is 0 Å². The van der Waals surface area contributed by atoms with E-state index in [1.807, 2.05) is 12.1 Å². The maximum Gasteiger partial charge on any atom is 0.306 e. The number of aryl methyl sites for hydroxylation is 1. The number of carbonyl (C=O) groups excluding carboxylic acids is 1. The van der Waals surface area contributed by atoms with E-state index in [2.05, 4.69) is 0 Å². The molecule has 0 spiro atoms. The molecule has 0 unspecified atom stereocenters. The molecule has 1 saturated heterocycles. The van der Waals surface area contributed by atoms with Crippen LogP contribution in [0.2, 0.25) is 5.02 Å². The third kappa shape index (κ3) is 5.02. The highest BCUT2D eigenvalue weighted by Crippen LogP contribution is 2.13. The van der Waals surface area contributed by atoms with Gasteiger partial charge < -0.3 is 14.7 Å². The van der Waals surface area contributed by atoms with Crippen LogP contribution in [0.15, 0.2) is 24.3 Å². The number of hydrogen-bond donors (Lipinski definition) is 1. The zero-order valence-corrected chi connectivity index (χ0v) is 12.4. The highest BCUT2D eigenvalue weighted by Gasteiger charge is 2.25. The van der Waals surface area contributed by atoms with Crippen LogP contribution in [-0.4, -0.2) is 47.7 Å². The summed E-state index contributed by atoms with van der Waals surface area (Å²) in [7, 11) is 0. The molecule has 1 amide bonds. The fraction of sp³-hybridized carbons (Fsp3) is 0.467. The maximum atomic E-state index is 12.2. The number of halogens is 1. The van der Waals surface area contributed by atoms with Crippen molar-refractivity contribution in [2.24, 2.45) is 0 Å². The molecule has 1 fully saturated rings. The van der Waals surface area contributed by atoms with E-state index in [4.69, 9.17) is 21.4 Å². The maximum absolute atomic E-state index is 12.2. The number of ether oxygens (including phenoxy) is 1. The lowest BCUT2D eigenvalue weighted by molar-refractivity contribution is -0.147. The normalized spacial score (nSPS) is 18.5. The molecule has 5 nitrogen and oxygen atoms in total. The summed E-state index contributed by atoms with van der Waals surface area (Å²) in [6, 6.07) is 7.42. The van der Waals surface area contributed by atoms with Gasteiger partial charge in [-0.25, -0.2) is 0 Å². The van der Waals surface area contributed by atoms with Crippen molar-refractivity contribution in [2.75, 3.05) is 19.7 Å². The van der Waals surface area contributed by atoms with Gasteiger partial charge in [-0.15, -0.1) is 0 Å². The van der Waals surface area contributed by atoms with E-state index < -0.39 is 12.1 Å². The number of carbonyl (C=O) groups is 2. The Morgan fingerprint density at radius 1 is 1.33 bits per heavy atom. The fourth-order valence-electron chi connectivity index (χ4n) is 2.32. The van der Waals surface area contributed by atoms with E-state index >= 15 is 0 Å². The first kappa shape index (κ1) is 15.8. The van der Waals surface area contributed by atoms with E-state index in [9.17, 15) is 9.59 Å². The summed E-state index contributed by atoms with van der Waals surface area (Å²) >= 11 is 5.82. The molecule has 6 heteroatoms. The van der Waals surface area contributed by atoms with Crippen LogP contribution in [0.4, 0.5) is 0 Å². The van der Waals surface area contributed by atoms with Gasteiger partial charge in [-0.2, -0.15) is 0 Å². The molecular weight excluding hydrogens is 294 g/mol. The van der Waals surface area contributed by atoms with Gasteiger partial charge in [-0.3, -0.25) is 9.59 Å². The number of aliphatic carboxylic acids is 1. The first-order valence-electron chi connectivity index (χ1n) is 6.90. The van der Waals surface area contributed by atoms with Crippen molar-refractivity contribution in [2.45, 2.75) is 25.4 Å². The summed E-state index contributed by atoms with van der Waals surface area (Å²) in [5, 5.41) is 9.45.